The maximum atomic E-state index is 13.0. The Balaban J connectivity index is 1.44. The van der Waals surface area contributed by atoms with Crippen LogP contribution in [-0.2, 0) is 4.79 Å². The summed E-state index contributed by atoms with van der Waals surface area (Å²) in [5, 5.41) is 16.3. The van der Waals surface area contributed by atoms with Crippen LogP contribution in [0.3, 0.4) is 0 Å². The number of rotatable bonds is 8. The highest BCUT2D eigenvalue weighted by atomic mass is 35.5. The lowest BCUT2D eigenvalue weighted by Gasteiger charge is -2.15. The number of carbonyl (C=O) groups is 3. The van der Waals surface area contributed by atoms with Gasteiger partial charge >= 0.3 is 5.97 Å². The Morgan fingerprint density at radius 3 is 2.24 bits per heavy atom. The first-order chi connectivity index (χ1) is 17.8. The number of methoxy groups -OCH3 is 1. The number of carboxylic acid groups (broad SMARTS) is 1. The Morgan fingerprint density at radius 1 is 0.919 bits per heavy atom. The van der Waals surface area contributed by atoms with Gasteiger partial charge < -0.3 is 20.5 Å². The number of carbonyl (C=O) groups excluding carboxylic acids is 2. The van der Waals surface area contributed by atoms with E-state index in [2.05, 4.69) is 10.6 Å². The van der Waals surface area contributed by atoms with Crippen LogP contribution in [0.4, 0.5) is 11.4 Å². The number of carboxylic acids is 1. The van der Waals surface area contributed by atoms with Gasteiger partial charge in [-0.3, -0.25) is 9.59 Å². The van der Waals surface area contributed by atoms with Crippen molar-refractivity contribution in [2.45, 2.75) is 17.1 Å². The number of halogens is 1. The van der Waals surface area contributed by atoms with Crippen LogP contribution >= 0.6 is 23.4 Å². The summed E-state index contributed by atoms with van der Waals surface area (Å²) < 4.78 is 5.27. The third-order valence-electron chi connectivity index (χ3n) is 5.59. The van der Waals surface area contributed by atoms with Gasteiger partial charge in [-0.05, 0) is 66.9 Å². The summed E-state index contributed by atoms with van der Waals surface area (Å²) in [6.45, 7) is 1.78. The second kappa shape index (κ2) is 11.4. The van der Waals surface area contributed by atoms with Crippen molar-refractivity contribution in [3.8, 4) is 5.75 Å². The Kier molecular flexibility index (Phi) is 8.01. The van der Waals surface area contributed by atoms with Crippen molar-refractivity contribution in [3.05, 3.63) is 95.0 Å². The van der Waals surface area contributed by atoms with Gasteiger partial charge in [-0.25, -0.2) is 4.79 Å². The minimum absolute atomic E-state index is 0.0673. The fourth-order valence-corrected chi connectivity index (χ4v) is 4.83. The van der Waals surface area contributed by atoms with Crippen LogP contribution in [0.5, 0.6) is 5.75 Å². The second-order valence-electron chi connectivity index (χ2n) is 8.09. The van der Waals surface area contributed by atoms with Crippen molar-refractivity contribution in [2.75, 3.05) is 17.7 Å². The molecule has 188 valence electrons. The quantitative estimate of drug-likeness (QED) is 0.221. The molecule has 4 aromatic carbocycles. The lowest BCUT2D eigenvalue weighted by Crippen LogP contribution is -2.22. The molecular weight excluding hydrogens is 512 g/mol. The van der Waals surface area contributed by atoms with Gasteiger partial charge in [0.15, 0.2) is 0 Å². The number of fused-ring (bicyclic) bond motifs is 1. The molecule has 0 radical (unpaired) electrons. The zero-order valence-electron chi connectivity index (χ0n) is 19.9. The zero-order valence-corrected chi connectivity index (χ0v) is 21.5. The number of nitrogens with one attached hydrogen (secondary N) is 2. The normalized spacial score (nSPS) is 11.5. The first-order valence-electron chi connectivity index (χ1n) is 11.2. The van der Waals surface area contributed by atoms with Crippen LogP contribution in [0.1, 0.15) is 27.6 Å². The average Bonchev–Trinajstić information content (AvgIpc) is 2.89. The van der Waals surface area contributed by atoms with Crippen LogP contribution in [0, 0.1) is 0 Å². The van der Waals surface area contributed by atoms with Gasteiger partial charge in [0, 0.05) is 26.6 Å². The van der Waals surface area contributed by atoms with Crippen LogP contribution < -0.4 is 15.4 Å². The van der Waals surface area contributed by atoms with E-state index in [4.69, 9.17) is 16.3 Å². The molecule has 0 aromatic heterocycles. The van der Waals surface area contributed by atoms with E-state index in [0.717, 1.165) is 4.90 Å². The minimum atomic E-state index is -1.10. The zero-order chi connectivity index (χ0) is 26.5. The molecule has 0 aliphatic carbocycles. The van der Waals surface area contributed by atoms with E-state index in [1.807, 2.05) is 0 Å². The van der Waals surface area contributed by atoms with E-state index in [1.54, 1.807) is 79.7 Å². The monoisotopic (exact) mass is 534 g/mol. The smallest absolute Gasteiger partial charge is 0.336 e. The summed E-state index contributed by atoms with van der Waals surface area (Å²) in [6, 6.07) is 22.0. The van der Waals surface area contributed by atoms with Crippen molar-refractivity contribution in [3.63, 3.8) is 0 Å². The predicted octanol–water partition coefficient (Wildman–Crippen LogP) is 6.57. The number of anilines is 2. The summed E-state index contributed by atoms with van der Waals surface area (Å²) >= 11 is 7.39. The van der Waals surface area contributed by atoms with Gasteiger partial charge in [0.05, 0.1) is 23.6 Å². The molecule has 0 fully saturated rings. The molecule has 0 bridgehead atoms. The fraction of sp³-hybridized carbons (Fsp3) is 0.107. The Bertz CT molecular complexity index is 1480. The van der Waals surface area contributed by atoms with Gasteiger partial charge in [-0.1, -0.05) is 35.9 Å². The maximum absolute atomic E-state index is 13.0. The van der Waals surface area contributed by atoms with E-state index >= 15 is 0 Å². The number of benzene rings is 4. The summed E-state index contributed by atoms with van der Waals surface area (Å²) in [5.41, 5.74) is 1.37. The molecule has 7 nitrogen and oxygen atoms in total. The van der Waals surface area contributed by atoms with Gasteiger partial charge in [0.1, 0.15) is 5.75 Å². The summed E-state index contributed by atoms with van der Waals surface area (Å²) in [4.78, 5) is 38.3. The van der Waals surface area contributed by atoms with Gasteiger partial charge in [-0.15, -0.1) is 11.8 Å². The molecule has 2 amide bonds. The number of hydrogen-bond acceptors (Lipinski definition) is 5. The van der Waals surface area contributed by atoms with Crippen LogP contribution in [0.25, 0.3) is 10.8 Å². The molecule has 0 heterocycles. The SMILES string of the molecule is COc1ccc(Cl)cc1NC(=O)C(C)Sc1ccc(NC(=O)c2cccc3cccc(C(=O)O)c23)cc1. The highest BCUT2D eigenvalue weighted by Gasteiger charge is 2.18. The van der Waals surface area contributed by atoms with Crippen molar-refractivity contribution >= 4 is 63.3 Å². The number of aromatic carboxylic acids is 1. The lowest BCUT2D eigenvalue weighted by molar-refractivity contribution is -0.115. The Morgan fingerprint density at radius 2 is 1.59 bits per heavy atom. The largest absolute Gasteiger partial charge is 0.495 e. The molecule has 1 unspecified atom stereocenters. The first kappa shape index (κ1) is 26.1. The molecule has 4 aromatic rings. The number of hydrogen-bond donors (Lipinski definition) is 3. The van der Waals surface area contributed by atoms with E-state index < -0.39 is 17.1 Å². The van der Waals surface area contributed by atoms with Crippen molar-refractivity contribution in [1.29, 1.82) is 0 Å². The van der Waals surface area contributed by atoms with E-state index in [-0.39, 0.29) is 17.0 Å². The topological polar surface area (TPSA) is 105 Å². The van der Waals surface area contributed by atoms with Crippen LogP contribution in [0.2, 0.25) is 5.02 Å². The fourth-order valence-electron chi connectivity index (χ4n) is 3.79. The Labute approximate surface area is 222 Å². The predicted molar refractivity (Wildman–Crippen MR) is 147 cm³/mol. The molecule has 3 N–H and O–H groups in total. The van der Waals surface area contributed by atoms with Crippen molar-refractivity contribution in [2.24, 2.45) is 0 Å². The lowest BCUT2D eigenvalue weighted by atomic mass is 9.98. The average molecular weight is 535 g/mol. The number of thioether (sulfide) groups is 1. The third kappa shape index (κ3) is 6.04. The van der Waals surface area contributed by atoms with Gasteiger partial charge in [-0.2, -0.15) is 0 Å². The second-order valence-corrected chi connectivity index (χ2v) is 9.94. The van der Waals surface area contributed by atoms with Crippen LogP contribution in [0.15, 0.2) is 83.8 Å². The van der Waals surface area contributed by atoms with E-state index in [1.165, 1.54) is 24.9 Å². The van der Waals surface area contributed by atoms with Crippen molar-refractivity contribution < 1.29 is 24.2 Å². The number of ether oxygens (including phenoxy) is 1. The Hall–Kier alpha value is -4.01. The number of amides is 2. The molecule has 4 rings (SSSR count). The molecule has 0 aliphatic rings. The molecule has 0 saturated carbocycles. The minimum Gasteiger partial charge on any atom is -0.495 e. The standard InChI is InChI=1S/C28H23ClN2O5S/c1-16(26(32)31-23-15-18(29)9-14-24(23)36-2)37-20-12-10-19(11-13-20)30-27(33)21-7-3-5-17-6-4-8-22(25(17)21)28(34)35/h3-16H,1-2H3,(H,30,33)(H,31,32)(H,34,35). The summed E-state index contributed by atoms with van der Waals surface area (Å²) in [7, 11) is 1.52. The first-order valence-corrected chi connectivity index (χ1v) is 12.5. The molecule has 0 saturated heterocycles. The molecule has 0 spiro atoms. The summed E-state index contributed by atoms with van der Waals surface area (Å²) in [6.07, 6.45) is 0. The van der Waals surface area contributed by atoms with Gasteiger partial charge in [0.25, 0.3) is 5.91 Å². The van der Waals surface area contributed by atoms with E-state index in [0.29, 0.717) is 32.9 Å². The van der Waals surface area contributed by atoms with Crippen LogP contribution in [-0.4, -0.2) is 35.2 Å². The third-order valence-corrected chi connectivity index (χ3v) is 6.94. The molecule has 37 heavy (non-hydrogen) atoms. The molecule has 0 aliphatic heterocycles. The molecule has 9 heteroatoms. The van der Waals surface area contributed by atoms with E-state index in [9.17, 15) is 19.5 Å². The van der Waals surface area contributed by atoms with Gasteiger partial charge in [0.2, 0.25) is 5.91 Å². The highest BCUT2D eigenvalue weighted by Crippen LogP contribution is 2.30. The van der Waals surface area contributed by atoms with Crippen molar-refractivity contribution in [1.82, 2.24) is 0 Å². The molecule has 1 atom stereocenters. The molecular formula is C28H23ClN2O5S. The maximum Gasteiger partial charge on any atom is 0.336 e. The highest BCUT2D eigenvalue weighted by molar-refractivity contribution is 8.00. The summed E-state index contributed by atoms with van der Waals surface area (Å²) in [5.74, 6) is -1.22.